The molecule has 1 aliphatic rings. The van der Waals surface area contributed by atoms with Gasteiger partial charge in [-0.3, -0.25) is 9.89 Å². The third-order valence-corrected chi connectivity index (χ3v) is 5.38. The average Bonchev–Trinajstić information content (AvgIpc) is 3.39. The molecule has 0 atom stereocenters. The van der Waals surface area contributed by atoms with Gasteiger partial charge in [0.1, 0.15) is 12.3 Å². The monoisotopic (exact) mass is 467 g/mol. The van der Waals surface area contributed by atoms with Gasteiger partial charge in [0.15, 0.2) is 17.1 Å². The first-order valence-electron chi connectivity index (χ1n) is 9.02. The summed E-state index contributed by atoms with van der Waals surface area (Å²) in [6.07, 6.45) is 0. The Bertz CT molecular complexity index is 1330. The third kappa shape index (κ3) is 3.33. The maximum atomic E-state index is 12.5. The number of nitrogens with zero attached hydrogens (tertiary/aromatic N) is 2. The Balaban J connectivity index is 1.39. The van der Waals surface area contributed by atoms with Crippen LogP contribution in [0.25, 0.3) is 16.9 Å². The van der Waals surface area contributed by atoms with Crippen LogP contribution in [0.3, 0.4) is 0 Å². The number of esters is 1. The molecule has 4 aromatic rings. The molecule has 0 amide bonds. The van der Waals surface area contributed by atoms with Gasteiger partial charge >= 0.3 is 5.97 Å². The Labute approximate surface area is 178 Å². The number of H-pyrrole nitrogens is 1. The molecule has 1 aliphatic heterocycles. The van der Waals surface area contributed by atoms with Crippen LogP contribution < -0.4 is 15.0 Å². The number of halogens is 1. The number of nitrogens with one attached hydrogen (secondary N) is 1. The second-order valence-corrected chi connectivity index (χ2v) is 7.44. The quantitative estimate of drug-likeness (QED) is 0.461. The van der Waals surface area contributed by atoms with Crippen molar-refractivity contribution in [3.63, 3.8) is 0 Å². The molecule has 2 aromatic carbocycles. The first-order valence-corrected chi connectivity index (χ1v) is 9.81. The Morgan fingerprint density at radius 1 is 1.13 bits per heavy atom. The third-order valence-electron chi connectivity index (χ3n) is 4.64. The molecule has 0 bridgehead atoms. The van der Waals surface area contributed by atoms with E-state index in [2.05, 4.69) is 26.0 Å². The van der Waals surface area contributed by atoms with E-state index in [0.717, 1.165) is 15.6 Å². The number of aromatic nitrogens is 3. The SMILES string of the molecule is O=C(OCc1cc2c(cc1Br)OCO2)c1cc2nc(-c3ccccc3)cc(=O)n2[nH]1. The summed E-state index contributed by atoms with van der Waals surface area (Å²) in [4.78, 5) is 29.4. The Kier molecular flexibility index (Phi) is 4.51. The van der Waals surface area contributed by atoms with Crippen molar-refractivity contribution >= 4 is 27.5 Å². The van der Waals surface area contributed by atoms with Gasteiger partial charge in [-0.15, -0.1) is 0 Å². The molecule has 5 rings (SSSR count). The molecule has 0 unspecified atom stereocenters. The predicted octanol–water partition coefficient (Wildman–Crippen LogP) is 3.54. The first-order chi connectivity index (χ1) is 14.6. The maximum Gasteiger partial charge on any atom is 0.356 e. The van der Waals surface area contributed by atoms with Gasteiger partial charge in [-0.05, 0) is 12.1 Å². The number of hydrogen-bond acceptors (Lipinski definition) is 6. The van der Waals surface area contributed by atoms with Crippen molar-refractivity contribution in [2.45, 2.75) is 6.61 Å². The number of hydrogen-bond donors (Lipinski definition) is 1. The lowest BCUT2D eigenvalue weighted by molar-refractivity contribution is 0.0464. The zero-order valence-corrected chi connectivity index (χ0v) is 17.0. The molecule has 3 heterocycles. The van der Waals surface area contributed by atoms with Crippen LogP contribution in [0.2, 0.25) is 0 Å². The minimum absolute atomic E-state index is 0.0169. The van der Waals surface area contributed by atoms with Crippen LogP contribution in [0, 0.1) is 0 Å². The van der Waals surface area contributed by atoms with Gasteiger partial charge < -0.3 is 14.2 Å². The van der Waals surface area contributed by atoms with Gasteiger partial charge in [-0.25, -0.2) is 14.3 Å². The number of carbonyl (C=O) groups excluding carboxylic acids is 1. The lowest BCUT2D eigenvalue weighted by Crippen LogP contribution is -2.15. The summed E-state index contributed by atoms with van der Waals surface area (Å²) in [6.45, 7) is 0.176. The van der Waals surface area contributed by atoms with Gasteiger partial charge in [-0.2, -0.15) is 0 Å². The number of benzene rings is 2. The number of carbonyl (C=O) groups is 1. The van der Waals surface area contributed by atoms with Crippen molar-refractivity contribution in [2.24, 2.45) is 0 Å². The van der Waals surface area contributed by atoms with Gasteiger partial charge in [0.05, 0.1) is 5.69 Å². The number of rotatable bonds is 4. The van der Waals surface area contributed by atoms with Gasteiger partial charge in [0.25, 0.3) is 5.56 Å². The summed E-state index contributed by atoms with van der Waals surface area (Å²) >= 11 is 3.43. The average molecular weight is 468 g/mol. The van der Waals surface area contributed by atoms with Crippen molar-refractivity contribution < 1.29 is 19.0 Å². The fourth-order valence-electron chi connectivity index (χ4n) is 3.14. The normalized spacial score (nSPS) is 12.3. The largest absolute Gasteiger partial charge is 0.456 e. The van der Waals surface area contributed by atoms with Crippen LogP contribution >= 0.6 is 15.9 Å². The van der Waals surface area contributed by atoms with E-state index in [1.165, 1.54) is 16.6 Å². The Hall–Kier alpha value is -3.59. The van der Waals surface area contributed by atoms with Crippen LogP contribution in [0.1, 0.15) is 16.1 Å². The molecule has 1 N–H and O–H groups in total. The van der Waals surface area contributed by atoms with E-state index >= 15 is 0 Å². The smallest absolute Gasteiger partial charge is 0.356 e. The fourth-order valence-corrected chi connectivity index (χ4v) is 3.58. The second kappa shape index (κ2) is 7.34. The molecule has 30 heavy (non-hydrogen) atoms. The molecular formula is C21H14BrN3O5. The molecule has 0 fully saturated rings. The fraction of sp³-hybridized carbons (Fsp3) is 0.0952. The highest BCUT2D eigenvalue weighted by molar-refractivity contribution is 9.10. The van der Waals surface area contributed by atoms with E-state index in [9.17, 15) is 9.59 Å². The zero-order chi connectivity index (χ0) is 20.7. The minimum atomic E-state index is -0.606. The van der Waals surface area contributed by atoms with E-state index < -0.39 is 5.97 Å². The molecule has 0 saturated carbocycles. The Morgan fingerprint density at radius 2 is 1.90 bits per heavy atom. The van der Waals surface area contributed by atoms with Gasteiger partial charge in [0.2, 0.25) is 6.79 Å². The summed E-state index contributed by atoms with van der Waals surface area (Å²) in [5.74, 6) is 0.622. The summed E-state index contributed by atoms with van der Waals surface area (Å²) in [6, 6.07) is 15.8. The second-order valence-electron chi connectivity index (χ2n) is 6.58. The number of aromatic amines is 1. The van der Waals surface area contributed by atoms with E-state index in [0.29, 0.717) is 22.8 Å². The molecule has 150 valence electrons. The van der Waals surface area contributed by atoms with Crippen molar-refractivity contribution in [1.82, 2.24) is 14.6 Å². The van der Waals surface area contributed by atoms with Crippen LogP contribution in [-0.4, -0.2) is 27.4 Å². The van der Waals surface area contributed by atoms with Crippen molar-refractivity contribution in [3.8, 4) is 22.8 Å². The molecule has 0 saturated heterocycles. The minimum Gasteiger partial charge on any atom is -0.456 e. The zero-order valence-electron chi connectivity index (χ0n) is 15.4. The molecule has 0 aliphatic carbocycles. The maximum absolute atomic E-state index is 12.5. The molecule has 0 spiro atoms. The summed E-state index contributed by atoms with van der Waals surface area (Å²) in [7, 11) is 0. The van der Waals surface area contributed by atoms with Crippen molar-refractivity contribution in [1.29, 1.82) is 0 Å². The number of ether oxygens (including phenoxy) is 3. The van der Waals surface area contributed by atoms with Crippen LogP contribution in [-0.2, 0) is 11.3 Å². The van der Waals surface area contributed by atoms with E-state index in [-0.39, 0.29) is 24.7 Å². The van der Waals surface area contributed by atoms with Crippen molar-refractivity contribution in [2.75, 3.05) is 6.79 Å². The van der Waals surface area contributed by atoms with Crippen LogP contribution in [0.5, 0.6) is 11.5 Å². The summed E-state index contributed by atoms with van der Waals surface area (Å²) in [5, 5.41) is 2.75. The number of fused-ring (bicyclic) bond motifs is 2. The van der Waals surface area contributed by atoms with Crippen LogP contribution in [0.4, 0.5) is 0 Å². The molecule has 2 aromatic heterocycles. The molecule has 8 nitrogen and oxygen atoms in total. The highest BCUT2D eigenvalue weighted by Crippen LogP contribution is 2.37. The highest BCUT2D eigenvalue weighted by Gasteiger charge is 2.19. The Morgan fingerprint density at radius 3 is 2.70 bits per heavy atom. The molecule has 0 radical (unpaired) electrons. The van der Waals surface area contributed by atoms with Crippen LogP contribution in [0.15, 0.2) is 63.9 Å². The lowest BCUT2D eigenvalue weighted by Gasteiger charge is -2.07. The summed E-state index contributed by atoms with van der Waals surface area (Å²) in [5.41, 5.74) is 2.21. The van der Waals surface area contributed by atoms with E-state index in [1.807, 2.05) is 30.3 Å². The predicted molar refractivity (Wildman–Crippen MR) is 111 cm³/mol. The van der Waals surface area contributed by atoms with Crippen molar-refractivity contribution in [3.05, 3.63) is 80.7 Å². The van der Waals surface area contributed by atoms with Gasteiger partial charge in [0, 0.05) is 27.7 Å². The highest BCUT2D eigenvalue weighted by atomic mass is 79.9. The topological polar surface area (TPSA) is 94.9 Å². The summed E-state index contributed by atoms with van der Waals surface area (Å²) < 4.78 is 18.0. The molecular weight excluding hydrogens is 454 g/mol. The van der Waals surface area contributed by atoms with Gasteiger partial charge in [-0.1, -0.05) is 46.3 Å². The van der Waals surface area contributed by atoms with E-state index in [4.69, 9.17) is 14.2 Å². The first kappa shape index (κ1) is 18.4. The molecule has 9 heteroatoms. The van der Waals surface area contributed by atoms with E-state index in [1.54, 1.807) is 12.1 Å². The standard InChI is InChI=1S/C21H14BrN3O5/c22-14-7-18-17(29-11-30-18)6-13(14)10-28-21(27)16-8-19-23-15(9-20(26)25(19)24-16)12-4-2-1-3-5-12/h1-9,24H,10-11H2. The lowest BCUT2D eigenvalue weighted by atomic mass is 10.1.